The predicted molar refractivity (Wildman–Crippen MR) is 75.8 cm³/mol. The molecule has 0 bridgehead atoms. The second-order valence-electron chi connectivity index (χ2n) is 6.67. The van der Waals surface area contributed by atoms with Gasteiger partial charge in [0.25, 0.3) is 0 Å². The molecule has 0 radical (unpaired) electrons. The molecule has 4 atom stereocenters. The first-order chi connectivity index (χ1) is 8.78. The molecule has 0 saturated carbocycles. The number of nitrogens with one attached hydrogen (secondary N) is 1. The van der Waals surface area contributed by atoms with Gasteiger partial charge in [0.2, 0.25) is 0 Å². The van der Waals surface area contributed by atoms with E-state index in [9.17, 15) is 0 Å². The normalized spacial score (nSPS) is 43.0. The zero-order valence-corrected chi connectivity index (χ0v) is 12.1. The van der Waals surface area contributed by atoms with Crippen LogP contribution >= 0.6 is 0 Å². The van der Waals surface area contributed by atoms with Gasteiger partial charge in [0.1, 0.15) is 0 Å². The van der Waals surface area contributed by atoms with Gasteiger partial charge in [0.05, 0.1) is 0 Å². The maximum Gasteiger partial charge on any atom is 0.0122 e. The summed E-state index contributed by atoms with van der Waals surface area (Å²) in [6.45, 7) is 7.76. The average Bonchev–Trinajstić information content (AvgIpc) is 2.85. The largest absolute Gasteiger partial charge is 0.317 e. The summed E-state index contributed by atoms with van der Waals surface area (Å²) in [6, 6.07) is 2.54. The van der Waals surface area contributed by atoms with Gasteiger partial charge in [0, 0.05) is 24.7 Å². The van der Waals surface area contributed by atoms with Crippen molar-refractivity contribution in [1.29, 1.82) is 0 Å². The molecule has 3 aliphatic rings. The molecule has 18 heavy (non-hydrogen) atoms. The lowest BCUT2D eigenvalue weighted by Gasteiger charge is -2.45. The first-order valence-corrected chi connectivity index (χ1v) is 7.93. The van der Waals surface area contributed by atoms with E-state index >= 15 is 0 Å². The van der Waals surface area contributed by atoms with Crippen LogP contribution in [0.3, 0.4) is 0 Å². The van der Waals surface area contributed by atoms with Gasteiger partial charge in [-0.3, -0.25) is 4.90 Å². The molecular formula is C15H29N3. The Morgan fingerprint density at radius 3 is 2.50 bits per heavy atom. The fraction of sp³-hybridized carbons (Fsp3) is 1.00. The van der Waals surface area contributed by atoms with Crippen LogP contribution in [-0.2, 0) is 0 Å². The summed E-state index contributed by atoms with van der Waals surface area (Å²) >= 11 is 0. The van der Waals surface area contributed by atoms with Crippen molar-refractivity contribution in [3.8, 4) is 0 Å². The zero-order valence-electron chi connectivity index (χ0n) is 12.1. The average molecular weight is 251 g/mol. The van der Waals surface area contributed by atoms with Gasteiger partial charge in [-0.15, -0.1) is 0 Å². The fourth-order valence-corrected chi connectivity index (χ4v) is 4.47. The van der Waals surface area contributed by atoms with Crippen LogP contribution in [0.15, 0.2) is 0 Å². The Morgan fingerprint density at radius 1 is 0.944 bits per heavy atom. The first kappa shape index (κ1) is 12.9. The second kappa shape index (κ2) is 5.48. The van der Waals surface area contributed by atoms with E-state index in [1.54, 1.807) is 0 Å². The van der Waals surface area contributed by atoms with Crippen molar-refractivity contribution in [2.45, 2.75) is 57.2 Å². The standard InChI is InChI=1S/C15H29N3/c1-12-11-18(9-6-15(12)16-2)14-5-8-17-7-3-4-13(17)10-14/h12-16H,3-11H2,1-2H3. The van der Waals surface area contributed by atoms with E-state index in [2.05, 4.69) is 29.1 Å². The third-order valence-corrected chi connectivity index (χ3v) is 5.62. The van der Waals surface area contributed by atoms with Crippen LogP contribution in [0.25, 0.3) is 0 Å². The predicted octanol–water partition coefficient (Wildman–Crippen LogP) is 1.54. The first-order valence-electron chi connectivity index (χ1n) is 7.93. The van der Waals surface area contributed by atoms with Crippen molar-refractivity contribution in [2.75, 3.05) is 33.2 Å². The number of rotatable bonds is 2. The Balaban J connectivity index is 1.56. The number of likely N-dealkylation sites (tertiary alicyclic amines) is 1. The molecule has 3 fully saturated rings. The van der Waals surface area contributed by atoms with Gasteiger partial charge < -0.3 is 10.2 Å². The summed E-state index contributed by atoms with van der Waals surface area (Å²) in [5, 5.41) is 3.48. The van der Waals surface area contributed by atoms with E-state index in [0.29, 0.717) is 0 Å². The van der Waals surface area contributed by atoms with Crippen molar-refractivity contribution >= 4 is 0 Å². The molecule has 3 saturated heterocycles. The zero-order chi connectivity index (χ0) is 12.5. The van der Waals surface area contributed by atoms with Crippen LogP contribution < -0.4 is 5.32 Å². The van der Waals surface area contributed by atoms with Crippen LogP contribution in [0.5, 0.6) is 0 Å². The smallest absolute Gasteiger partial charge is 0.0122 e. The van der Waals surface area contributed by atoms with E-state index in [1.165, 1.54) is 58.3 Å². The molecule has 4 unspecified atom stereocenters. The summed E-state index contributed by atoms with van der Waals surface area (Å²) in [5.74, 6) is 0.811. The van der Waals surface area contributed by atoms with Gasteiger partial charge in [-0.25, -0.2) is 0 Å². The van der Waals surface area contributed by atoms with Gasteiger partial charge in [-0.1, -0.05) is 6.92 Å². The van der Waals surface area contributed by atoms with Crippen molar-refractivity contribution < 1.29 is 0 Å². The molecular weight excluding hydrogens is 222 g/mol. The monoisotopic (exact) mass is 251 g/mol. The van der Waals surface area contributed by atoms with Crippen molar-refractivity contribution in [1.82, 2.24) is 15.1 Å². The molecule has 104 valence electrons. The Bertz CT molecular complexity index is 281. The van der Waals surface area contributed by atoms with E-state index in [-0.39, 0.29) is 0 Å². The highest BCUT2D eigenvalue weighted by atomic mass is 15.2. The minimum absolute atomic E-state index is 0.743. The van der Waals surface area contributed by atoms with Crippen molar-refractivity contribution in [2.24, 2.45) is 5.92 Å². The van der Waals surface area contributed by atoms with Crippen molar-refractivity contribution in [3.05, 3.63) is 0 Å². The topological polar surface area (TPSA) is 18.5 Å². The maximum atomic E-state index is 3.48. The maximum absolute atomic E-state index is 3.48. The molecule has 0 aliphatic carbocycles. The molecule has 0 amide bonds. The van der Waals surface area contributed by atoms with Crippen LogP contribution in [-0.4, -0.2) is 61.2 Å². The third kappa shape index (κ3) is 2.45. The van der Waals surface area contributed by atoms with E-state index in [1.807, 2.05) is 0 Å². The number of hydrogen-bond donors (Lipinski definition) is 1. The molecule has 0 aromatic rings. The second-order valence-corrected chi connectivity index (χ2v) is 6.67. The number of hydrogen-bond acceptors (Lipinski definition) is 3. The molecule has 1 N–H and O–H groups in total. The van der Waals surface area contributed by atoms with Crippen LogP contribution in [0.1, 0.15) is 39.0 Å². The van der Waals surface area contributed by atoms with Crippen LogP contribution in [0.2, 0.25) is 0 Å². The van der Waals surface area contributed by atoms with E-state index in [0.717, 1.165) is 24.0 Å². The molecule has 3 heterocycles. The summed E-state index contributed by atoms with van der Waals surface area (Å²) in [5.41, 5.74) is 0. The highest BCUT2D eigenvalue weighted by molar-refractivity contribution is 4.93. The quantitative estimate of drug-likeness (QED) is 0.803. The van der Waals surface area contributed by atoms with Gasteiger partial charge >= 0.3 is 0 Å². The minimum Gasteiger partial charge on any atom is -0.317 e. The Hall–Kier alpha value is -0.120. The third-order valence-electron chi connectivity index (χ3n) is 5.62. The Labute approximate surface area is 112 Å². The van der Waals surface area contributed by atoms with Gasteiger partial charge in [-0.05, 0) is 64.7 Å². The summed E-state index contributed by atoms with van der Waals surface area (Å²) < 4.78 is 0. The van der Waals surface area contributed by atoms with E-state index in [4.69, 9.17) is 0 Å². The molecule has 0 spiro atoms. The molecule has 0 aromatic carbocycles. The minimum atomic E-state index is 0.743. The van der Waals surface area contributed by atoms with Crippen molar-refractivity contribution in [3.63, 3.8) is 0 Å². The van der Waals surface area contributed by atoms with Gasteiger partial charge in [0.15, 0.2) is 0 Å². The highest BCUT2D eigenvalue weighted by Crippen LogP contribution is 2.31. The van der Waals surface area contributed by atoms with Gasteiger partial charge in [-0.2, -0.15) is 0 Å². The summed E-state index contributed by atoms with van der Waals surface area (Å²) in [4.78, 5) is 5.54. The highest BCUT2D eigenvalue weighted by Gasteiger charge is 2.36. The Kier molecular flexibility index (Phi) is 3.92. The molecule has 3 nitrogen and oxygen atoms in total. The van der Waals surface area contributed by atoms with E-state index < -0.39 is 0 Å². The summed E-state index contributed by atoms with van der Waals surface area (Å²) in [7, 11) is 2.12. The lowest BCUT2D eigenvalue weighted by atomic mass is 9.89. The molecule has 3 aliphatic heterocycles. The molecule has 0 aromatic heterocycles. The van der Waals surface area contributed by atoms with Crippen LogP contribution in [0, 0.1) is 5.92 Å². The number of nitrogens with zero attached hydrogens (tertiary/aromatic N) is 2. The summed E-state index contributed by atoms with van der Waals surface area (Å²) in [6.07, 6.45) is 7.08. The Morgan fingerprint density at radius 2 is 1.72 bits per heavy atom. The van der Waals surface area contributed by atoms with Crippen LogP contribution in [0.4, 0.5) is 0 Å². The molecule has 3 rings (SSSR count). The lowest BCUT2D eigenvalue weighted by molar-refractivity contribution is 0.0497. The SMILES string of the molecule is CNC1CCN(C2CCN3CCCC3C2)CC1C. The molecule has 3 heteroatoms. The number of piperidine rings is 2. The number of fused-ring (bicyclic) bond motifs is 1. The fourth-order valence-electron chi connectivity index (χ4n) is 4.47. The lowest BCUT2D eigenvalue weighted by Crippen LogP contribution is -2.54.